The highest BCUT2D eigenvalue weighted by Gasteiger charge is 2.40. The highest BCUT2D eigenvalue weighted by Crippen LogP contribution is 2.39. The zero-order valence-electron chi connectivity index (χ0n) is 8.47. The third-order valence-corrected chi connectivity index (χ3v) is 3.72. The fraction of sp³-hybridized carbons (Fsp3) is 0.800. The fourth-order valence-corrected chi connectivity index (χ4v) is 2.93. The van der Waals surface area contributed by atoms with Gasteiger partial charge in [-0.15, -0.1) is 21.8 Å². The highest BCUT2D eigenvalue weighted by molar-refractivity contribution is 6.16. The van der Waals surface area contributed by atoms with Crippen LogP contribution in [0.15, 0.2) is 6.33 Å². The van der Waals surface area contributed by atoms with Crippen molar-refractivity contribution in [1.29, 1.82) is 0 Å². The number of nitrogens with zero attached hydrogens (tertiary/aromatic N) is 3. The molecule has 0 amide bonds. The van der Waals surface area contributed by atoms with Gasteiger partial charge in [0.2, 0.25) is 0 Å². The molecular formula is C10H14ClN3O. The van der Waals surface area contributed by atoms with Gasteiger partial charge < -0.3 is 9.30 Å². The highest BCUT2D eigenvalue weighted by atomic mass is 35.5. The third kappa shape index (κ3) is 1.66. The van der Waals surface area contributed by atoms with Crippen molar-refractivity contribution in [3.63, 3.8) is 0 Å². The minimum absolute atomic E-state index is 0.432. The van der Waals surface area contributed by atoms with Crippen LogP contribution in [0.4, 0.5) is 0 Å². The van der Waals surface area contributed by atoms with Gasteiger partial charge in [0.05, 0.1) is 18.1 Å². The molecule has 3 atom stereocenters. The molecule has 3 unspecified atom stereocenters. The van der Waals surface area contributed by atoms with E-state index in [0.29, 0.717) is 24.0 Å². The van der Waals surface area contributed by atoms with Gasteiger partial charge in [0.1, 0.15) is 12.2 Å². The summed E-state index contributed by atoms with van der Waals surface area (Å²) < 4.78 is 7.88. The summed E-state index contributed by atoms with van der Waals surface area (Å²) in [5, 5.41) is 7.86. The molecule has 0 aliphatic carbocycles. The normalized spacial score (nSPS) is 33.8. The summed E-state index contributed by atoms with van der Waals surface area (Å²) in [6, 6.07) is 0. The molecule has 0 spiro atoms. The van der Waals surface area contributed by atoms with Gasteiger partial charge in [0, 0.05) is 12.5 Å². The smallest absolute Gasteiger partial charge is 0.147 e. The first-order chi connectivity index (χ1) is 7.36. The average molecular weight is 228 g/mol. The van der Waals surface area contributed by atoms with Crippen molar-refractivity contribution in [1.82, 2.24) is 14.8 Å². The molecule has 0 radical (unpaired) electrons. The molecule has 1 aromatic rings. The molecule has 0 saturated carbocycles. The van der Waals surface area contributed by atoms with Crippen LogP contribution in [0.1, 0.15) is 25.1 Å². The molecule has 2 aliphatic rings. The maximum absolute atomic E-state index is 5.82. The summed E-state index contributed by atoms with van der Waals surface area (Å²) in [6.07, 6.45) is 6.38. The molecule has 4 nitrogen and oxygen atoms in total. The Morgan fingerprint density at radius 2 is 2.47 bits per heavy atom. The zero-order chi connectivity index (χ0) is 10.3. The predicted molar refractivity (Wildman–Crippen MR) is 55.6 cm³/mol. The first-order valence-electron chi connectivity index (χ1n) is 5.45. The molecule has 2 saturated heterocycles. The van der Waals surface area contributed by atoms with Gasteiger partial charge in [-0.1, -0.05) is 0 Å². The number of aromatic nitrogens is 3. The number of hydrogen-bond donors (Lipinski definition) is 0. The van der Waals surface area contributed by atoms with Crippen molar-refractivity contribution < 1.29 is 4.74 Å². The Morgan fingerprint density at radius 1 is 1.53 bits per heavy atom. The molecule has 15 heavy (non-hydrogen) atoms. The Balaban J connectivity index is 1.70. The van der Waals surface area contributed by atoms with Crippen LogP contribution >= 0.6 is 11.6 Å². The van der Waals surface area contributed by atoms with E-state index in [2.05, 4.69) is 14.8 Å². The molecule has 1 aromatic heterocycles. The number of ether oxygens (including phenoxy) is 1. The van der Waals surface area contributed by atoms with E-state index in [9.17, 15) is 0 Å². The number of hydrogen-bond acceptors (Lipinski definition) is 3. The molecule has 2 fully saturated rings. The summed E-state index contributed by atoms with van der Waals surface area (Å²) in [7, 11) is 0. The lowest BCUT2D eigenvalue weighted by Gasteiger charge is -2.19. The Bertz CT molecular complexity index is 354. The predicted octanol–water partition coefficient (Wildman–Crippen LogP) is 1.58. The lowest BCUT2D eigenvalue weighted by atomic mass is 9.89. The van der Waals surface area contributed by atoms with E-state index in [1.807, 2.05) is 0 Å². The Hall–Kier alpha value is -0.610. The number of halogens is 1. The second-order valence-electron chi connectivity index (χ2n) is 4.40. The van der Waals surface area contributed by atoms with E-state index in [4.69, 9.17) is 16.3 Å². The molecule has 2 aliphatic heterocycles. The molecule has 2 bridgehead atoms. The lowest BCUT2D eigenvalue weighted by molar-refractivity contribution is 0.0898. The Morgan fingerprint density at radius 3 is 3.13 bits per heavy atom. The van der Waals surface area contributed by atoms with Crippen molar-refractivity contribution in [2.75, 3.05) is 0 Å². The summed E-state index contributed by atoms with van der Waals surface area (Å²) >= 11 is 5.78. The van der Waals surface area contributed by atoms with Gasteiger partial charge in [-0.05, 0) is 19.3 Å². The van der Waals surface area contributed by atoms with Gasteiger partial charge in [-0.2, -0.15) is 0 Å². The average Bonchev–Trinajstić information content (AvgIpc) is 2.92. The molecule has 0 N–H and O–H groups in total. The summed E-state index contributed by atoms with van der Waals surface area (Å²) in [5.41, 5.74) is 0. The van der Waals surface area contributed by atoms with E-state index in [1.54, 1.807) is 6.33 Å². The maximum Gasteiger partial charge on any atom is 0.147 e. The zero-order valence-corrected chi connectivity index (χ0v) is 9.23. The fourth-order valence-electron chi connectivity index (χ4n) is 2.72. The third-order valence-electron chi connectivity index (χ3n) is 3.48. The minimum Gasteiger partial charge on any atom is -0.375 e. The summed E-state index contributed by atoms with van der Waals surface area (Å²) in [6.45, 7) is 0.955. The van der Waals surface area contributed by atoms with Crippen LogP contribution in [0.3, 0.4) is 0 Å². The number of rotatable bonds is 3. The lowest BCUT2D eigenvalue weighted by Crippen LogP contribution is -2.22. The van der Waals surface area contributed by atoms with Crippen molar-refractivity contribution in [2.45, 2.75) is 43.9 Å². The van der Waals surface area contributed by atoms with Gasteiger partial charge >= 0.3 is 0 Å². The molecule has 5 heteroatoms. The van der Waals surface area contributed by atoms with Gasteiger partial charge in [-0.3, -0.25) is 0 Å². The van der Waals surface area contributed by atoms with E-state index < -0.39 is 0 Å². The van der Waals surface area contributed by atoms with E-state index in [0.717, 1.165) is 12.4 Å². The van der Waals surface area contributed by atoms with Crippen molar-refractivity contribution >= 4 is 11.6 Å². The van der Waals surface area contributed by atoms with Crippen LogP contribution in [0.5, 0.6) is 0 Å². The molecule has 3 rings (SSSR count). The summed E-state index contributed by atoms with van der Waals surface area (Å²) in [5.74, 6) is 1.92. The quantitative estimate of drug-likeness (QED) is 0.737. The number of alkyl halides is 1. The standard InChI is InChI=1S/C10H14ClN3O/c11-4-10-13-12-6-14(10)5-7-3-8-1-2-9(7)15-8/h6-9H,1-5H2. The maximum atomic E-state index is 5.82. The second-order valence-corrected chi connectivity index (χ2v) is 4.67. The SMILES string of the molecule is ClCc1nncn1CC1CC2CCC1O2. The van der Waals surface area contributed by atoms with Crippen molar-refractivity contribution in [2.24, 2.45) is 5.92 Å². The topological polar surface area (TPSA) is 39.9 Å². The van der Waals surface area contributed by atoms with E-state index >= 15 is 0 Å². The van der Waals surface area contributed by atoms with E-state index in [-0.39, 0.29) is 0 Å². The Labute approximate surface area is 93.6 Å². The monoisotopic (exact) mass is 227 g/mol. The van der Waals surface area contributed by atoms with Crippen molar-refractivity contribution in [3.8, 4) is 0 Å². The van der Waals surface area contributed by atoms with Crippen molar-refractivity contribution in [3.05, 3.63) is 12.2 Å². The first kappa shape index (κ1) is 9.60. The van der Waals surface area contributed by atoms with Crippen LogP contribution in [-0.4, -0.2) is 27.0 Å². The summed E-state index contributed by atoms with van der Waals surface area (Å²) in [4.78, 5) is 0. The van der Waals surface area contributed by atoms with E-state index in [1.165, 1.54) is 19.3 Å². The van der Waals surface area contributed by atoms with Gasteiger partial charge in [-0.25, -0.2) is 0 Å². The molecule has 3 heterocycles. The first-order valence-corrected chi connectivity index (χ1v) is 5.98. The van der Waals surface area contributed by atoms with Crippen LogP contribution in [0.25, 0.3) is 0 Å². The Kier molecular flexibility index (Phi) is 2.41. The van der Waals surface area contributed by atoms with Gasteiger partial charge in [0.25, 0.3) is 0 Å². The molecular weight excluding hydrogens is 214 g/mol. The van der Waals surface area contributed by atoms with Crippen LogP contribution in [0.2, 0.25) is 0 Å². The van der Waals surface area contributed by atoms with Crippen LogP contribution in [-0.2, 0) is 17.2 Å². The molecule has 0 aromatic carbocycles. The second kappa shape index (κ2) is 3.76. The minimum atomic E-state index is 0.432. The largest absolute Gasteiger partial charge is 0.375 e. The number of fused-ring (bicyclic) bond motifs is 2. The van der Waals surface area contributed by atoms with Crippen LogP contribution in [0, 0.1) is 5.92 Å². The molecule has 82 valence electrons. The van der Waals surface area contributed by atoms with Crippen LogP contribution < -0.4 is 0 Å². The van der Waals surface area contributed by atoms with Gasteiger partial charge in [0.15, 0.2) is 0 Å².